The lowest BCUT2D eigenvalue weighted by Gasteiger charge is -2.07. The smallest absolute Gasteiger partial charge is 0.222 e. The van der Waals surface area contributed by atoms with Crippen molar-refractivity contribution < 1.29 is 23.7 Å². The Kier molecular flexibility index (Phi) is 14.8. The predicted molar refractivity (Wildman–Crippen MR) is 72.3 cm³/mol. The van der Waals surface area contributed by atoms with Crippen molar-refractivity contribution in [1.29, 1.82) is 0 Å². The molecule has 6 nitrogen and oxygen atoms in total. The Bertz CT molecular complexity index is 201. The van der Waals surface area contributed by atoms with Crippen molar-refractivity contribution in [1.82, 2.24) is 5.32 Å². The molecule has 0 heterocycles. The second-order valence-corrected chi connectivity index (χ2v) is 3.93. The number of hydrogen-bond acceptors (Lipinski definition) is 5. The van der Waals surface area contributed by atoms with E-state index in [0.29, 0.717) is 52.6 Å². The Morgan fingerprint density at radius 3 is 2.05 bits per heavy atom. The zero-order valence-electron chi connectivity index (χ0n) is 12.1. The number of hydrogen-bond donors (Lipinski definition) is 1. The van der Waals surface area contributed by atoms with Crippen molar-refractivity contribution in [3.8, 4) is 0 Å². The maximum absolute atomic E-state index is 11.3. The zero-order chi connectivity index (χ0) is 14.2. The van der Waals surface area contributed by atoms with Crippen LogP contribution in [0, 0.1) is 0 Å². The zero-order valence-corrected chi connectivity index (χ0v) is 12.1. The van der Waals surface area contributed by atoms with Crippen molar-refractivity contribution in [2.75, 3.05) is 59.9 Å². The van der Waals surface area contributed by atoms with Crippen LogP contribution in [-0.2, 0) is 23.7 Å². The van der Waals surface area contributed by atoms with Gasteiger partial charge in [0.25, 0.3) is 0 Å². The van der Waals surface area contributed by atoms with Crippen LogP contribution in [0.15, 0.2) is 0 Å². The summed E-state index contributed by atoms with van der Waals surface area (Å²) in [5.74, 6) is -0.0223. The first-order valence-electron chi connectivity index (χ1n) is 6.80. The fourth-order valence-corrected chi connectivity index (χ4v) is 1.23. The van der Waals surface area contributed by atoms with Crippen LogP contribution in [0.2, 0.25) is 0 Å². The van der Waals surface area contributed by atoms with Crippen LogP contribution >= 0.6 is 0 Å². The quantitative estimate of drug-likeness (QED) is 0.471. The first-order valence-corrected chi connectivity index (χ1v) is 6.80. The molecule has 0 saturated heterocycles. The van der Waals surface area contributed by atoms with E-state index in [4.69, 9.17) is 18.9 Å². The first kappa shape index (κ1) is 18.3. The standard InChI is InChI=1S/C13H27NO5/c1-3-6-17-9-11-19-12-10-18-7-4-13(15)14-5-8-16-2/h3-12H2,1-2H3,(H,14,15). The van der Waals surface area contributed by atoms with E-state index >= 15 is 0 Å². The number of carbonyl (C=O) groups is 1. The molecule has 0 saturated carbocycles. The van der Waals surface area contributed by atoms with Crippen molar-refractivity contribution in [2.45, 2.75) is 19.8 Å². The third kappa shape index (κ3) is 15.3. The van der Waals surface area contributed by atoms with Gasteiger partial charge < -0.3 is 24.3 Å². The average molecular weight is 277 g/mol. The third-order valence-electron chi connectivity index (χ3n) is 2.19. The molecule has 0 aliphatic heterocycles. The molecule has 0 rings (SSSR count). The van der Waals surface area contributed by atoms with Crippen LogP contribution in [0.5, 0.6) is 0 Å². The minimum Gasteiger partial charge on any atom is -0.383 e. The number of amides is 1. The average Bonchev–Trinajstić information content (AvgIpc) is 2.41. The summed E-state index contributed by atoms with van der Waals surface area (Å²) in [4.78, 5) is 11.3. The molecule has 6 heteroatoms. The van der Waals surface area contributed by atoms with E-state index in [1.807, 2.05) is 0 Å². The van der Waals surface area contributed by atoms with Gasteiger partial charge in [-0.3, -0.25) is 4.79 Å². The maximum Gasteiger partial charge on any atom is 0.222 e. The van der Waals surface area contributed by atoms with Crippen molar-refractivity contribution in [2.24, 2.45) is 0 Å². The highest BCUT2D eigenvalue weighted by molar-refractivity contribution is 5.75. The third-order valence-corrected chi connectivity index (χ3v) is 2.19. The Balaban J connectivity index is 3.07. The largest absolute Gasteiger partial charge is 0.383 e. The van der Waals surface area contributed by atoms with Gasteiger partial charge in [0, 0.05) is 26.7 Å². The summed E-state index contributed by atoms with van der Waals surface area (Å²) >= 11 is 0. The maximum atomic E-state index is 11.3. The minimum atomic E-state index is -0.0223. The molecule has 19 heavy (non-hydrogen) atoms. The number of ether oxygens (including phenoxy) is 4. The molecule has 1 amide bonds. The predicted octanol–water partition coefficient (Wildman–Crippen LogP) is 0.599. The van der Waals surface area contributed by atoms with Gasteiger partial charge in [0.15, 0.2) is 0 Å². The highest BCUT2D eigenvalue weighted by Crippen LogP contribution is 1.86. The van der Waals surface area contributed by atoms with E-state index in [1.54, 1.807) is 7.11 Å². The first-order chi connectivity index (χ1) is 9.31. The van der Waals surface area contributed by atoms with Gasteiger partial charge in [-0.05, 0) is 6.42 Å². The van der Waals surface area contributed by atoms with Gasteiger partial charge in [0.05, 0.1) is 39.6 Å². The molecule has 0 atom stereocenters. The molecule has 1 N–H and O–H groups in total. The fraction of sp³-hybridized carbons (Fsp3) is 0.923. The molecule has 114 valence electrons. The highest BCUT2D eigenvalue weighted by Gasteiger charge is 1.99. The van der Waals surface area contributed by atoms with E-state index in [0.717, 1.165) is 13.0 Å². The van der Waals surface area contributed by atoms with E-state index in [1.165, 1.54) is 0 Å². The SMILES string of the molecule is CCCOCCOCCOCCC(=O)NCCOC. The number of nitrogens with one attached hydrogen (secondary N) is 1. The van der Waals surface area contributed by atoms with Crippen LogP contribution in [-0.4, -0.2) is 65.8 Å². The van der Waals surface area contributed by atoms with Gasteiger partial charge in [0.2, 0.25) is 5.91 Å². The van der Waals surface area contributed by atoms with Crippen LogP contribution in [0.3, 0.4) is 0 Å². The van der Waals surface area contributed by atoms with Gasteiger partial charge in [-0.15, -0.1) is 0 Å². The van der Waals surface area contributed by atoms with Crippen LogP contribution < -0.4 is 5.32 Å². The topological polar surface area (TPSA) is 66.0 Å². The van der Waals surface area contributed by atoms with Crippen LogP contribution in [0.25, 0.3) is 0 Å². The summed E-state index contributed by atoms with van der Waals surface area (Å²) < 4.78 is 20.7. The summed E-state index contributed by atoms with van der Waals surface area (Å²) in [6, 6.07) is 0. The molecule has 0 aliphatic carbocycles. The van der Waals surface area contributed by atoms with E-state index < -0.39 is 0 Å². The lowest BCUT2D eigenvalue weighted by molar-refractivity contribution is -0.122. The Hall–Kier alpha value is -0.690. The van der Waals surface area contributed by atoms with Crippen LogP contribution in [0.4, 0.5) is 0 Å². The number of rotatable bonds is 14. The van der Waals surface area contributed by atoms with E-state index in [9.17, 15) is 4.79 Å². The van der Waals surface area contributed by atoms with Crippen molar-refractivity contribution >= 4 is 5.91 Å². The Morgan fingerprint density at radius 1 is 0.895 bits per heavy atom. The van der Waals surface area contributed by atoms with E-state index in [2.05, 4.69) is 12.2 Å². The Morgan fingerprint density at radius 2 is 1.47 bits per heavy atom. The molecule has 0 aromatic heterocycles. The van der Waals surface area contributed by atoms with Crippen LogP contribution in [0.1, 0.15) is 19.8 Å². The number of carbonyl (C=O) groups excluding carboxylic acids is 1. The molecular weight excluding hydrogens is 250 g/mol. The van der Waals surface area contributed by atoms with Crippen molar-refractivity contribution in [3.05, 3.63) is 0 Å². The lowest BCUT2D eigenvalue weighted by Crippen LogP contribution is -2.27. The molecule has 0 unspecified atom stereocenters. The Labute approximate surface area is 115 Å². The molecule has 0 bridgehead atoms. The molecule has 0 aromatic rings. The molecular formula is C13H27NO5. The van der Waals surface area contributed by atoms with Gasteiger partial charge >= 0.3 is 0 Å². The lowest BCUT2D eigenvalue weighted by atomic mass is 10.4. The van der Waals surface area contributed by atoms with Gasteiger partial charge in [-0.2, -0.15) is 0 Å². The molecule has 0 radical (unpaired) electrons. The fourth-order valence-electron chi connectivity index (χ4n) is 1.23. The minimum absolute atomic E-state index is 0.0223. The molecule has 0 aromatic carbocycles. The summed E-state index contributed by atoms with van der Waals surface area (Å²) in [6.07, 6.45) is 1.39. The number of methoxy groups -OCH3 is 1. The van der Waals surface area contributed by atoms with Gasteiger partial charge in [-0.25, -0.2) is 0 Å². The summed E-state index contributed by atoms with van der Waals surface area (Å²) in [7, 11) is 1.60. The second-order valence-electron chi connectivity index (χ2n) is 3.93. The molecule has 0 aliphatic rings. The van der Waals surface area contributed by atoms with Gasteiger partial charge in [-0.1, -0.05) is 6.92 Å². The summed E-state index contributed by atoms with van der Waals surface area (Å²) in [6.45, 7) is 6.56. The van der Waals surface area contributed by atoms with Crippen molar-refractivity contribution in [3.63, 3.8) is 0 Å². The summed E-state index contributed by atoms with van der Waals surface area (Å²) in [5, 5.41) is 2.72. The normalized spacial score (nSPS) is 10.6. The summed E-state index contributed by atoms with van der Waals surface area (Å²) in [5.41, 5.74) is 0. The second kappa shape index (κ2) is 15.4. The monoisotopic (exact) mass is 277 g/mol. The van der Waals surface area contributed by atoms with E-state index in [-0.39, 0.29) is 5.91 Å². The molecule has 0 fully saturated rings. The highest BCUT2D eigenvalue weighted by atomic mass is 16.5. The van der Waals surface area contributed by atoms with Gasteiger partial charge in [0.1, 0.15) is 0 Å². The molecule has 0 spiro atoms.